The van der Waals surface area contributed by atoms with Crippen molar-refractivity contribution in [1.82, 2.24) is 20.3 Å². The zero-order valence-electron chi connectivity index (χ0n) is 20.4. The van der Waals surface area contributed by atoms with Crippen LogP contribution in [-0.2, 0) is 4.79 Å². The zero-order valence-corrected chi connectivity index (χ0v) is 22.0. The lowest BCUT2D eigenvalue weighted by molar-refractivity contribution is -0.115. The summed E-state index contributed by atoms with van der Waals surface area (Å²) in [6.45, 7) is 1.91. The van der Waals surface area contributed by atoms with Crippen molar-refractivity contribution in [2.45, 2.75) is 6.92 Å². The van der Waals surface area contributed by atoms with Crippen molar-refractivity contribution in [3.63, 3.8) is 0 Å². The molecule has 0 saturated heterocycles. The Labute approximate surface area is 228 Å². The van der Waals surface area contributed by atoms with Crippen LogP contribution in [0.25, 0.3) is 34.1 Å². The first-order chi connectivity index (χ1) is 18.4. The van der Waals surface area contributed by atoms with Crippen LogP contribution in [0.5, 0.6) is 5.75 Å². The molecule has 0 bridgehead atoms. The van der Waals surface area contributed by atoms with Crippen molar-refractivity contribution in [3.8, 4) is 22.8 Å². The van der Waals surface area contributed by atoms with Gasteiger partial charge in [0.1, 0.15) is 28.3 Å². The van der Waals surface area contributed by atoms with Crippen molar-refractivity contribution in [2.75, 3.05) is 12.4 Å². The normalized spacial score (nSPS) is 11.1. The molecule has 10 heteroatoms. The van der Waals surface area contributed by atoms with Gasteiger partial charge >= 0.3 is 0 Å². The van der Waals surface area contributed by atoms with Gasteiger partial charge in [-0.3, -0.25) is 10.1 Å². The van der Waals surface area contributed by atoms with Crippen LogP contribution in [0.4, 0.5) is 5.69 Å². The number of rotatable bonds is 6. The van der Waals surface area contributed by atoms with Crippen LogP contribution in [0.1, 0.15) is 11.3 Å². The zero-order chi connectivity index (χ0) is 26.6. The Bertz CT molecular complexity index is 1680. The summed E-state index contributed by atoms with van der Waals surface area (Å²) in [4.78, 5) is 13.9. The number of aryl methyl sites for hydroxylation is 1. The largest absolute Gasteiger partial charge is 0.495 e. The Morgan fingerprint density at radius 1 is 1.05 bits per heavy atom. The Morgan fingerprint density at radius 2 is 1.82 bits per heavy atom. The second-order valence-electron chi connectivity index (χ2n) is 8.31. The lowest BCUT2D eigenvalue weighted by Gasteiger charge is -2.10. The number of nitrogens with zero attached hydrogens (tertiary/aromatic N) is 3. The number of hydrogen-bond acceptors (Lipinski definition) is 6. The van der Waals surface area contributed by atoms with Crippen LogP contribution in [0.2, 0.25) is 5.02 Å². The Hall–Kier alpha value is -4.47. The second-order valence-corrected chi connectivity index (χ2v) is 9.12. The van der Waals surface area contributed by atoms with Crippen LogP contribution < -0.4 is 15.4 Å². The topological polar surface area (TPSA) is 94.2 Å². The highest BCUT2D eigenvalue weighted by atomic mass is 35.5. The highest BCUT2D eigenvalue weighted by Crippen LogP contribution is 2.27. The molecule has 0 unspecified atom stereocenters. The fourth-order valence-electron chi connectivity index (χ4n) is 3.76. The number of methoxy groups -OCH3 is 1. The molecule has 0 aliphatic heterocycles. The lowest BCUT2D eigenvalue weighted by Crippen LogP contribution is -2.33. The van der Waals surface area contributed by atoms with Gasteiger partial charge in [0.05, 0.1) is 17.8 Å². The Morgan fingerprint density at radius 3 is 2.55 bits per heavy atom. The minimum Gasteiger partial charge on any atom is -0.495 e. The van der Waals surface area contributed by atoms with Gasteiger partial charge < -0.3 is 14.5 Å². The van der Waals surface area contributed by atoms with Gasteiger partial charge in [0.15, 0.2) is 5.11 Å². The number of carbonyl (C=O) groups is 1. The number of anilines is 1. The quantitative estimate of drug-likeness (QED) is 0.195. The second kappa shape index (κ2) is 10.9. The molecule has 5 rings (SSSR count). The first-order valence-corrected chi connectivity index (χ1v) is 12.3. The smallest absolute Gasteiger partial charge is 0.250 e. The average Bonchev–Trinajstić information content (AvgIpc) is 3.55. The van der Waals surface area contributed by atoms with E-state index in [2.05, 4.69) is 20.8 Å². The molecule has 3 aromatic carbocycles. The van der Waals surface area contributed by atoms with E-state index >= 15 is 0 Å². The predicted molar refractivity (Wildman–Crippen MR) is 153 cm³/mol. The number of carbonyl (C=O) groups excluding carboxylic acids is 1. The van der Waals surface area contributed by atoms with Crippen molar-refractivity contribution in [3.05, 3.63) is 95.2 Å². The number of hydrogen-bond donors (Lipinski definition) is 2. The maximum absolute atomic E-state index is 12.4. The van der Waals surface area contributed by atoms with Gasteiger partial charge in [0.2, 0.25) is 5.91 Å². The molecule has 0 aliphatic rings. The summed E-state index contributed by atoms with van der Waals surface area (Å²) in [5.74, 6) is 1.46. The van der Waals surface area contributed by atoms with E-state index in [9.17, 15) is 4.79 Å². The molecule has 190 valence electrons. The highest BCUT2D eigenvalue weighted by molar-refractivity contribution is 7.80. The molecular weight excluding hydrogens is 522 g/mol. The molecule has 2 aromatic heterocycles. The van der Waals surface area contributed by atoms with Crippen LogP contribution in [0, 0.1) is 6.92 Å². The Balaban J connectivity index is 1.24. The van der Waals surface area contributed by atoms with E-state index in [0.717, 1.165) is 16.9 Å². The van der Waals surface area contributed by atoms with E-state index in [4.69, 9.17) is 33.0 Å². The number of benzene rings is 3. The number of fused-ring (bicyclic) bond motifs is 1. The minimum atomic E-state index is -0.388. The molecule has 0 radical (unpaired) electrons. The molecule has 0 aliphatic carbocycles. The monoisotopic (exact) mass is 543 g/mol. The molecule has 0 spiro atoms. The number of halogens is 1. The maximum Gasteiger partial charge on any atom is 0.250 e. The summed E-state index contributed by atoms with van der Waals surface area (Å²) in [5, 5.41) is 15.4. The van der Waals surface area contributed by atoms with E-state index in [1.54, 1.807) is 31.4 Å². The average molecular weight is 544 g/mol. The fraction of sp³-hybridized carbons (Fsp3) is 0.0714. The molecule has 38 heavy (non-hydrogen) atoms. The molecule has 0 fully saturated rings. The van der Waals surface area contributed by atoms with Gasteiger partial charge in [-0.2, -0.15) is 4.80 Å². The van der Waals surface area contributed by atoms with Crippen LogP contribution in [0.3, 0.4) is 0 Å². The first-order valence-electron chi connectivity index (χ1n) is 11.6. The highest BCUT2D eigenvalue weighted by Gasteiger charge is 2.12. The minimum absolute atomic E-state index is 0.154. The molecule has 2 heterocycles. The number of amides is 1. The van der Waals surface area contributed by atoms with E-state index in [1.165, 1.54) is 10.9 Å². The number of furan rings is 1. The molecule has 0 atom stereocenters. The van der Waals surface area contributed by atoms with Crippen LogP contribution in [0.15, 0.2) is 83.3 Å². The first kappa shape index (κ1) is 25.2. The number of thiocarbonyl (C=S) groups is 1. The summed E-state index contributed by atoms with van der Waals surface area (Å²) in [7, 11) is 1.56. The van der Waals surface area contributed by atoms with Crippen LogP contribution in [-0.4, -0.2) is 33.1 Å². The summed E-state index contributed by atoms with van der Waals surface area (Å²) in [6, 6.07) is 22.4. The molecular formula is C28H22ClN5O3S. The molecule has 1 amide bonds. The standard InChI is InChI=1S/C28H22ClN5O3S/c1-17-14-23-24(33-34(32-23)19-8-11-26(36-2)21(29)15-19)16-22(17)30-28(38)31-27(35)13-10-20-9-12-25(37-20)18-6-4-3-5-7-18/h3-16H,1-2H3,(H2,30,31,35,38)/b13-10+. The van der Waals surface area contributed by atoms with Gasteiger partial charge in [-0.15, -0.1) is 10.2 Å². The number of aromatic nitrogens is 3. The predicted octanol–water partition coefficient (Wildman–Crippen LogP) is 6.18. The SMILES string of the molecule is COc1ccc(-n2nc3cc(C)c(NC(=S)NC(=O)/C=C/c4ccc(-c5ccccc5)o4)cc3n2)cc1Cl. The van der Waals surface area contributed by atoms with Gasteiger partial charge in [-0.25, -0.2) is 0 Å². The number of ether oxygens (including phenoxy) is 1. The molecule has 0 saturated carbocycles. The van der Waals surface area contributed by atoms with Crippen molar-refractivity contribution < 1.29 is 13.9 Å². The fourth-order valence-corrected chi connectivity index (χ4v) is 4.23. The van der Waals surface area contributed by atoms with E-state index in [0.29, 0.717) is 38.9 Å². The van der Waals surface area contributed by atoms with E-state index in [1.807, 2.05) is 61.5 Å². The maximum atomic E-state index is 12.4. The summed E-state index contributed by atoms with van der Waals surface area (Å²) in [6.07, 6.45) is 2.95. The van der Waals surface area contributed by atoms with Gasteiger partial charge in [-0.05, 0) is 73.2 Å². The van der Waals surface area contributed by atoms with Crippen molar-refractivity contribution >= 4 is 57.6 Å². The van der Waals surface area contributed by atoms with Gasteiger partial charge in [0.25, 0.3) is 0 Å². The third-order valence-electron chi connectivity index (χ3n) is 5.66. The van der Waals surface area contributed by atoms with Crippen molar-refractivity contribution in [1.29, 1.82) is 0 Å². The molecule has 2 N–H and O–H groups in total. The van der Waals surface area contributed by atoms with Crippen LogP contribution >= 0.6 is 23.8 Å². The summed E-state index contributed by atoms with van der Waals surface area (Å²) >= 11 is 11.6. The Kier molecular flexibility index (Phi) is 7.21. The number of nitrogens with one attached hydrogen (secondary N) is 2. The van der Waals surface area contributed by atoms with E-state index in [-0.39, 0.29) is 11.0 Å². The van der Waals surface area contributed by atoms with Gasteiger partial charge in [-0.1, -0.05) is 41.9 Å². The van der Waals surface area contributed by atoms with Gasteiger partial charge in [0, 0.05) is 17.3 Å². The third-order valence-corrected chi connectivity index (χ3v) is 6.16. The van der Waals surface area contributed by atoms with Crippen molar-refractivity contribution in [2.24, 2.45) is 0 Å². The molecule has 8 nitrogen and oxygen atoms in total. The lowest BCUT2D eigenvalue weighted by atomic mass is 10.2. The molecule has 5 aromatic rings. The summed E-state index contributed by atoms with van der Waals surface area (Å²) in [5.41, 5.74) is 4.58. The summed E-state index contributed by atoms with van der Waals surface area (Å²) < 4.78 is 11.0. The van der Waals surface area contributed by atoms with E-state index < -0.39 is 0 Å². The third kappa shape index (κ3) is 5.59.